The van der Waals surface area contributed by atoms with Gasteiger partial charge >= 0.3 is 0 Å². The number of ether oxygens (including phenoxy) is 3. The van der Waals surface area contributed by atoms with Crippen LogP contribution in [0.1, 0.15) is 30.7 Å². The molecule has 1 saturated heterocycles. The number of carbonyl (C=O) groups is 1. The predicted octanol–water partition coefficient (Wildman–Crippen LogP) is 2.38. The number of aromatic nitrogens is 2. The zero-order chi connectivity index (χ0) is 22.5. The van der Waals surface area contributed by atoms with Crippen LogP contribution < -0.4 is 9.47 Å². The van der Waals surface area contributed by atoms with E-state index in [-0.39, 0.29) is 18.1 Å². The van der Waals surface area contributed by atoms with E-state index in [1.165, 1.54) is 0 Å². The zero-order valence-electron chi connectivity index (χ0n) is 19.4. The van der Waals surface area contributed by atoms with Gasteiger partial charge in [-0.25, -0.2) is 0 Å². The van der Waals surface area contributed by atoms with Gasteiger partial charge in [0.15, 0.2) is 0 Å². The molecule has 0 N–H and O–H groups in total. The van der Waals surface area contributed by atoms with Crippen LogP contribution in [0.15, 0.2) is 24.4 Å². The SMILES string of the molecule is COc1cc(COC2CN(Cc3cnn(C)c3C)CC(=O)N(C(C)C)C2)cc(OC)c1. The fraction of sp³-hybridized carbons (Fsp3) is 0.565. The fourth-order valence-electron chi connectivity index (χ4n) is 3.84. The average Bonchev–Trinajstić information content (AvgIpc) is 2.96. The Balaban J connectivity index is 1.75. The summed E-state index contributed by atoms with van der Waals surface area (Å²) in [5.74, 6) is 1.59. The molecule has 1 unspecified atom stereocenters. The standard InChI is InChI=1S/C23H34N4O4/c1-16(2)27-13-22(31-15-18-7-20(29-5)9-21(8-18)30-6)12-26(14-23(27)28)11-19-10-24-25(4)17(19)3/h7-10,16,22H,11-15H2,1-6H3. The minimum absolute atomic E-state index is 0.108. The summed E-state index contributed by atoms with van der Waals surface area (Å²) < 4.78 is 18.9. The molecule has 1 aromatic heterocycles. The summed E-state index contributed by atoms with van der Waals surface area (Å²) >= 11 is 0. The topological polar surface area (TPSA) is 69.1 Å². The number of amides is 1. The van der Waals surface area contributed by atoms with Gasteiger partial charge in [-0.3, -0.25) is 14.4 Å². The van der Waals surface area contributed by atoms with Crippen LogP contribution in [0.3, 0.4) is 0 Å². The molecular weight excluding hydrogens is 396 g/mol. The molecule has 1 fully saturated rings. The van der Waals surface area contributed by atoms with Gasteiger partial charge in [-0.1, -0.05) is 0 Å². The highest BCUT2D eigenvalue weighted by Gasteiger charge is 2.30. The van der Waals surface area contributed by atoms with Crippen molar-refractivity contribution in [3.63, 3.8) is 0 Å². The highest BCUT2D eigenvalue weighted by atomic mass is 16.5. The normalized spacial score (nSPS) is 17.8. The summed E-state index contributed by atoms with van der Waals surface area (Å²) in [5.41, 5.74) is 3.21. The van der Waals surface area contributed by atoms with E-state index in [0.717, 1.165) is 28.3 Å². The summed E-state index contributed by atoms with van der Waals surface area (Å²) in [6.45, 7) is 8.84. The van der Waals surface area contributed by atoms with E-state index in [2.05, 4.69) is 10.00 Å². The minimum atomic E-state index is -0.108. The Morgan fingerprint density at radius 1 is 1.13 bits per heavy atom. The molecule has 1 amide bonds. The first-order chi connectivity index (χ1) is 14.8. The van der Waals surface area contributed by atoms with E-state index in [1.54, 1.807) is 14.2 Å². The van der Waals surface area contributed by atoms with E-state index in [9.17, 15) is 4.79 Å². The third-order valence-electron chi connectivity index (χ3n) is 5.79. The Morgan fingerprint density at radius 2 is 1.81 bits per heavy atom. The van der Waals surface area contributed by atoms with Gasteiger partial charge in [0, 0.05) is 50.0 Å². The first-order valence-electron chi connectivity index (χ1n) is 10.6. The first kappa shape index (κ1) is 23.1. The van der Waals surface area contributed by atoms with Crippen LogP contribution in [0, 0.1) is 6.92 Å². The van der Waals surface area contributed by atoms with Gasteiger partial charge < -0.3 is 19.1 Å². The Kier molecular flexibility index (Phi) is 7.56. The number of methoxy groups -OCH3 is 2. The highest BCUT2D eigenvalue weighted by molar-refractivity contribution is 5.79. The number of aryl methyl sites for hydroxylation is 1. The Labute approximate surface area is 184 Å². The van der Waals surface area contributed by atoms with E-state index < -0.39 is 0 Å². The van der Waals surface area contributed by atoms with Gasteiger partial charge in [-0.2, -0.15) is 5.10 Å². The number of carbonyl (C=O) groups excluding carboxylic acids is 1. The molecule has 3 rings (SSSR count). The average molecular weight is 431 g/mol. The maximum Gasteiger partial charge on any atom is 0.237 e. The number of hydrogen-bond acceptors (Lipinski definition) is 6. The Hall–Kier alpha value is -2.58. The third kappa shape index (κ3) is 5.77. The second-order valence-corrected chi connectivity index (χ2v) is 8.34. The second-order valence-electron chi connectivity index (χ2n) is 8.34. The predicted molar refractivity (Wildman–Crippen MR) is 118 cm³/mol. The summed E-state index contributed by atoms with van der Waals surface area (Å²) in [6, 6.07) is 5.85. The van der Waals surface area contributed by atoms with Crippen LogP contribution in [0.2, 0.25) is 0 Å². The lowest BCUT2D eigenvalue weighted by molar-refractivity contribution is -0.133. The molecule has 1 aliphatic rings. The molecule has 2 aromatic rings. The molecule has 1 aliphatic heterocycles. The van der Waals surface area contributed by atoms with Crippen molar-refractivity contribution in [1.82, 2.24) is 19.6 Å². The molecule has 0 saturated carbocycles. The summed E-state index contributed by atoms with van der Waals surface area (Å²) in [4.78, 5) is 17.0. The zero-order valence-corrected chi connectivity index (χ0v) is 19.4. The number of nitrogens with zero attached hydrogens (tertiary/aromatic N) is 4. The molecule has 0 bridgehead atoms. The lowest BCUT2D eigenvalue weighted by Gasteiger charge is -2.28. The van der Waals surface area contributed by atoms with E-state index in [0.29, 0.717) is 32.8 Å². The lowest BCUT2D eigenvalue weighted by atomic mass is 10.2. The van der Waals surface area contributed by atoms with Crippen molar-refractivity contribution in [3.05, 3.63) is 41.2 Å². The van der Waals surface area contributed by atoms with Crippen LogP contribution in [0.5, 0.6) is 11.5 Å². The highest BCUT2D eigenvalue weighted by Crippen LogP contribution is 2.24. The van der Waals surface area contributed by atoms with Crippen molar-refractivity contribution in [2.24, 2.45) is 7.05 Å². The van der Waals surface area contributed by atoms with Gasteiger partial charge in [0.2, 0.25) is 5.91 Å². The number of rotatable bonds is 8. The largest absolute Gasteiger partial charge is 0.497 e. The lowest BCUT2D eigenvalue weighted by Crippen LogP contribution is -2.42. The van der Waals surface area contributed by atoms with Crippen LogP contribution in [0.25, 0.3) is 0 Å². The Bertz CT molecular complexity index is 873. The number of hydrogen-bond donors (Lipinski definition) is 0. The van der Waals surface area contributed by atoms with E-state index in [1.807, 2.05) is 61.8 Å². The van der Waals surface area contributed by atoms with E-state index >= 15 is 0 Å². The van der Waals surface area contributed by atoms with Gasteiger partial charge in [-0.05, 0) is 38.5 Å². The molecule has 8 heteroatoms. The molecule has 1 atom stereocenters. The van der Waals surface area contributed by atoms with Crippen LogP contribution in [-0.2, 0) is 29.7 Å². The molecular formula is C23H34N4O4. The molecule has 1 aromatic carbocycles. The van der Waals surface area contributed by atoms with Gasteiger partial charge in [0.25, 0.3) is 0 Å². The molecule has 0 radical (unpaired) electrons. The molecule has 31 heavy (non-hydrogen) atoms. The van der Waals surface area contributed by atoms with Crippen molar-refractivity contribution < 1.29 is 19.0 Å². The molecule has 0 aliphatic carbocycles. The smallest absolute Gasteiger partial charge is 0.237 e. The molecule has 2 heterocycles. The van der Waals surface area contributed by atoms with Crippen LogP contribution in [-0.4, -0.2) is 71.5 Å². The fourth-order valence-corrected chi connectivity index (χ4v) is 3.84. The maximum absolute atomic E-state index is 12.9. The van der Waals surface area contributed by atoms with E-state index in [4.69, 9.17) is 14.2 Å². The monoisotopic (exact) mass is 430 g/mol. The number of benzene rings is 1. The second kappa shape index (κ2) is 10.2. The third-order valence-corrected chi connectivity index (χ3v) is 5.79. The van der Waals surface area contributed by atoms with Crippen molar-refractivity contribution in [3.8, 4) is 11.5 Å². The van der Waals surface area contributed by atoms with Gasteiger partial charge in [-0.15, -0.1) is 0 Å². The molecule has 8 nitrogen and oxygen atoms in total. The van der Waals surface area contributed by atoms with Crippen molar-refractivity contribution in [2.45, 2.75) is 46.1 Å². The summed E-state index contributed by atoms with van der Waals surface area (Å²) in [7, 11) is 5.20. The summed E-state index contributed by atoms with van der Waals surface area (Å²) in [5, 5.41) is 4.33. The molecule has 170 valence electrons. The van der Waals surface area contributed by atoms with Crippen LogP contribution >= 0.6 is 0 Å². The van der Waals surface area contributed by atoms with Gasteiger partial charge in [0.05, 0.1) is 39.7 Å². The van der Waals surface area contributed by atoms with Crippen molar-refractivity contribution in [2.75, 3.05) is 33.9 Å². The summed E-state index contributed by atoms with van der Waals surface area (Å²) in [6.07, 6.45) is 1.77. The quantitative estimate of drug-likeness (QED) is 0.641. The minimum Gasteiger partial charge on any atom is -0.497 e. The van der Waals surface area contributed by atoms with Crippen LogP contribution in [0.4, 0.5) is 0 Å². The first-order valence-corrected chi connectivity index (χ1v) is 10.6. The van der Waals surface area contributed by atoms with Crippen molar-refractivity contribution in [1.29, 1.82) is 0 Å². The molecule has 0 spiro atoms. The maximum atomic E-state index is 12.9. The Morgan fingerprint density at radius 3 is 2.35 bits per heavy atom. The van der Waals surface area contributed by atoms with Crippen molar-refractivity contribution >= 4 is 5.91 Å². The van der Waals surface area contributed by atoms with Gasteiger partial charge in [0.1, 0.15) is 11.5 Å².